The van der Waals surface area contributed by atoms with Crippen molar-refractivity contribution >= 4 is 23.4 Å². The molecule has 166 valence electrons. The first-order valence-electron chi connectivity index (χ1n) is 11.1. The van der Waals surface area contributed by atoms with E-state index in [0.717, 1.165) is 34.6 Å². The number of nitrogens with zero attached hydrogens (tertiary/aromatic N) is 3. The van der Waals surface area contributed by atoms with Gasteiger partial charge < -0.3 is 5.32 Å². The molecule has 6 heteroatoms. The third-order valence-corrected chi connectivity index (χ3v) is 5.99. The van der Waals surface area contributed by atoms with E-state index >= 15 is 0 Å². The average Bonchev–Trinajstić information content (AvgIpc) is 2.88. The van der Waals surface area contributed by atoms with E-state index in [1.54, 1.807) is 0 Å². The van der Waals surface area contributed by atoms with E-state index in [4.69, 9.17) is 4.98 Å². The largest absolute Gasteiger partial charge is 0.325 e. The Morgan fingerprint density at radius 1 is 0.818 bits per heavy atom. The maximum absolute atomic E-state index is 12.5. The highest BCUT2D eigenvalue weighted by Gasteiger charge is 2.14. The fourth-order valence-electron chi connectivity index (χ4n) is 3.42. The molecule has 0 aliphatic carbocycles. The van der Waals surface area contributed by atoms with Crippen molar-refractivity contribution in [1.29, 1.82) is 0 Å². The first kappa shape index (κ1) is 22.7. The molecule has 1 heterocycles. The molecule has 4 aromatic rings. The Bertz CT molecular complexity index is 1180. The zero-order chi connectivity index (χ0) is 22.9. The third kappa shape index (κ3) is 6.26. The van der Waals surface area contributed by atoms with Gasteiger partial charge in [0, 0.05) is 16.8 Å². The lowest BCUT2D eigenvalue weighted by molar-refractivity contribution is -0.113. The van der Waals surface area contributed by atoms with Gasteiger partial charge in [-0.05, 0) is 30.5 Å². The monoisotopic (exact) mass is 454 g/mol. The van der Waals surface area contributed by atoms with E-state index in [0.29, 0.717) is 5.16 Å². The molecule has 0 aliphatic heterocycles. The number of benzene rings is 3. The molecule has 1 N–H and O–H groups in total. The maximum Gasteiger partial charge on any atom is 0.234 e. The van der Waals surface area contributed by atoms with Gasteiger partial charge in [0.2, 0.25) is 11.1 Å². The Kier molecular flexibility index (Phi) is 7.82. The molecule has 0 radical (unpaired) electrons. The highest BCUT2D eigenvalue weighted by atomic mass is 32.2. The Morgan fingerprint density at radius 3 is 2.09 bits per heavy atom. The van der Waals surface area contributed by atoms with Crippen LogP contribution in [0.1, 0.15) is 25.3 Å². The first-order valence-corrected chi connectivity index (χ1v) is 12.1. The van der Waals surface area contributed by atoms with Gasteiger partial charge in [-0.15, -0.1) is 10.2 Å². The topological polar surface area (TPSA) is 67.8 Å². The number of carbonyl (C=O) groups excluding carboxylic acids is 1. The molecule has 33 heavy (non-hydrogen) atoms. The molecular formula is C27H26N4OS. The molecule has 0 saturated carbocycles. The summed E-state index contributed by atoms with van der Waals surface area (Å²) >= 11 is 1.28. The van der Waals surface area contributed by atoms with E-state index in [9.17, 15) is 4.79 Å². The van der Waals surface area contributed by atoms with Crippen LogP contribution in [0.2, 0.25) is 0 Å². The molecule has 0 fully saturated rings. The summed E-state index contributed by atoms with van der Waals surface area (Å²) in [7, 11) is 0. The van der Waals surface area contributed by atoms with Crippen LogP contribution >= 0.6 is 11.8 Å². The second kappa shape index (κ2) is 11.4. The van der Waals surface area contributed by atoms with Gasteiger partial charge in [0.1, 0.15) is 11.4 Å². The highest BCUT2D eigenvalue weighted by Crippen LogP contribution is 2.29. The van der Waals surface area contributed by atoms with Crippen LogP contribution in [0.15, 0.2) is 90.1 Å². The number of carbonyl (C=O) groups is 1. The Hall–Kier alpha value is -3.51. The van der Waals surface area contributed by atoms with E-state index in [-0.39, 0.29) is 11.7 Å². The minimum absolute atomic E-state index is 0.0988. The summed E-state index contributed by atoms with van der Waals surface area (Å²) in [6, 6.07) is 27.8. The van der Waals surface area contributed by atoms with Gasteiger partial charge in [-0.25, -0.2) is 4.98 Å². The summed E-state index contributed by atoms with van der Waals surface area (Å²) in [5.74, 6) is 0.108. The third-order valence-electron chi connectivity index (χ3n) is 5.15. The zero-order valence-corrected chi connectivity index (χ0v) is 19.4. The Morgan fingerprint density at radius 2 is 1.45 bits per heavy atom. The molecule has 0 saturated heterocycles. The van der Waals surface area contributed by atoms with Crippen LogP contribution in [-0.2, 0) is 11.2 Å². The summed E-state index contributed by atoms with van der Waals surface area (Å²) in [5.41, 5.74) is 5.47. The first-order chi connectivity index (χ1) is 16.2. The fourth-order valence-corrected chi connectivity index (χ4v) is 4.01. The predicted molar refractivity (Wildman–Crippen MR) is 135 cm³/mol. The van der Waals surface area contributed by atoms with Gasteiger partial charge in [0.15, 0.2) is 0 Å². The van der Waals surface area contributed by atoms with Crippen LogP contribution in [0.3, 0.4) is 0 Å². The summed E-state index contributed by atoms with van der Waals surface area (Å²) < 4.78 is 0. The number of nitrogens with one attached hydrogen (secondary N) is 1. The number of hydrogen-bond donors (Lipinski definition) is 1. The molecule has 1 amide bonds. The molecule has 0 spiro atoms. The molecular weight excluding hydrogens is 428 g/mol. The van der Waals surface area contributed by atoms with E-state index < -0.39 is 0 Å². The van der Waals surface area contributed by atoms with Crippen molar-refractivity contribution in [2.45, 2.75) is 31.3 Å². The lowest BCUT2D eigenvalue weighted by Gasteiger charge is -2.10. The predicted octanol–water partition coefficient (Wildman–Crippen LogP) is 6.28. The molecule has 4 rings (SSSR count). The van der Waals surface area contributed by atoms with E-state index in [1.165, 1.54) is 30.2 Å². The lowest BCUT2D eigenvalue weighted by atomic mass is 10.0. The van der Waals surface area contributed by atoms with Crippen LogP contribution in [0.5, 0.6) is 0 Å². The summed E-state index contributed by atoms with van der Waals surface area (Å²) in [5, 5.41) is 12.2. The van der Waals surface area contributed by atoms with Crippen molar-refractivity contribution in [3.8, 4) is 22.5 Å². The number of aromatic nitrogens is 3. The highest BCUT2D eigenvalue weighted by molar-refractivity contribution is 7.99. The molecule has 0 atom stereocenters. The van der Waals surface area contributed by atoms with Crippen molar-refractivity contribution in [3.05, 3.63) is 90.5 Å². The molecule has 1 aromatic heterocycles. The second-order valence-corrected chi connectivity index (χ2v) is 8.60. The average molecular weight is 455 g/mol. The molecule has 0 aliphatic rings. The van der Waals surface area contributed by atoms with E-state index in [1.807, 2.05) is 72.8 Å². The zero-order valence-electron chi connectivity index (χ0n) is 18.6. The Labute approximate surface area is 198 Å². The molecule has 3 aromatic carbocycles. The van der Waals surface area contributed by atoms with Gasteiger partial charge >= 0.3 is 0 Å². The number of rotatable bonds is 9. The smallest absolute Gasteiger partial charge is 0.234 e. The van der Waals surface area contributed by atoms with Gasteiger partial charge in [0.05, 0.1) is 5.75 Å². The van der Waals surface area contributed by atoms with Crippen LogP contribution in [0.4, 0.5) is 5.69 Å². The number of hydrogen-bond acceptors (Lipinski definition) is 5. The van der Waals surface area contributed by atoms with Crippen molar-refractivity contribution in [1.82, 2.24) is 15.2 Å². The number of amides is 1. The minimum Gasteiger partial charge on any atom is -0.325 e. The van der Waals surface area contributed by atoms with Crippen molar-refractivity contribution < 1.29 is 4.79 Å². The van der Waals surface area contributed by atoms with Gasteiger partial charge in [-0.2, -0.15) is 0 Å². The SMILES string of the molecule is CCCCc1ccc(NC(=O)CSc2nnc(-c3ccccc3)c(-c3ccccc3)n2)cc1. The van der Waals surface area contributed by atoms with Gasteiger partial charge in [-0.3, -0.25) is 4.79 Å². The normalized spacial score (nSPS) is 10.7. The number of thioether (sulfide) groups is 1. The van der Waals surface area contributed by atoms with Crippen LogP contribution < -0.4 is 5.32 Å². The Balaban J connectivity index is 1.45. The fraction of sp³-hybridized carbons (Fsp3) is 0.185. The van der Waals surface area contributed by atoms with Crippen molar-refractivity contribution in [2.75, 3.05) is 11.1 Å². The molecule has 5 nitrogen and oxygen atoms in total. The van der Waals surface area contributed by atoms with Crippen LogP contribution in [0.25, 0.3) is 22.5 Å². The number of unbranched alkanes of at least 4 members (excludes halogenated alkanes) is 1. The number of aryl methyl sites for hydroxylation is 1. The summed E-state index contributed by atoms with van der Waals surface area (Å²) in [6.07, 6.45) is 3.41. The van der Waals surface area contributed by atoms with Crippen molar-refractivity contribution in [2.24, 2.45) is 0 Å². The standard InChI is InChI=1S/C27H26N4OS/c1-2-3-10-20-15-17-23(18-16-20)28-24(32)19-33-27-29-25(21-11-6-4-7-12-21)26(30-31-27)22-13-8-5-9-14-22/h4-9,11-18H,2-3,10,19H2,1H3,(H,28,32). The maximum atomic E-state index is 12.5. The second-order valence-electron chi connectivity index (χ2n) is 7.66. The van der Waals surface area contributed by atoms with Crippen LogP contribution in [0, 0.1) is 0 Å². The summed E-state index contributed by atoms with van der Waals surface area (Å²) in [6.45, 7) is 2.18. The minimum atomic E-state index is -0.0988. The van der Waals surface area contributed by atoms with E-state index in [2.05, 4.69) is 34.6 Å². The molecule has 0 bridgehead atoms. The van der Waals surface area contributed by atoms with Crippen LogP contribution in [-0.4, -0.2) is 26.8 Å². The van der Waals surface area contributed by atoms with Gasteiger partial charge in [-0.1, -0.05) is 97.9 Å². The van der Waals surface area contributed by atoms with Gasteiger partial charge in [0.25, 0.3) is 0 Å². The summed E-state index contributed by atoms with van der Waals surface area (Å²) in [4.78, 5) is 17.2. The quantitative estimate of drug-likeness (QED) is 0.302. The molecule has 0 unspecified atom stereocenters. The lowest BCUT2D eigenvalue weighted by Crippen LogP contribution is -2.14. The number of anilines is 1. The van der Waals surface area contributed by atoms with Crippen molar-refractivity contribution in [3.63, 3.8) is 0 Å².